The lowest BCUT2D eigenvalue weighted by atomic mass is 10.2. The Labute approximate surface area is 73.9 Å². The Morgan fingerprint density at radius 1 is 1.08 bits per heavy atom. The molecule has 0 fully saturated rings. The average Bonchev–Trinajstić information content (AvgIpc) is 2.29. The predicted octanol–water partition coefficient (Wildman–Crippen LogP) is 2.33. The zero-order chi connectivity index (χ0) is 8.39. The van der Waals surface area contributed by atoms with Crippen molar-refractivity contribution in [2.45, 2.75) is 4.90 Å². The van der Waals surface area contributed by atoms with E-state index in [2.05, 4.69) is 0 Å². The summed E-state index contributed by atoms with van der Waals surface area (Å²) in [7, 11) is -0.976. The first kappa shape index (κ1) is 7.50. The molecule has 1 aromatic rings. The van der Waals surface area contributed by atoms with E-state index in [1.807, 2.05) is 42.5 Å². The van der Waals surface area contributed by atoms with Crippen molar-refractivity contribution < 1.29 is 4.21 Å². The van der Waals surface area contributed by atoms with E-state index in [1.54, 1.807) is 5.41 Å². The Morgan fingerprint density at radius 3 is 2.83 bits per heavy atom. The lowest BCUT2D eigenvalue weighted by molar-refractivity contribution is 0.688. The highest BCUT2D eigenvalue weighted by Gasteiger charge is 2.04. The Morgan fingerprint density at radius 2 is 1.92 bits per heavy atom. The number of hydrogen-bond acceptors (Lipinski definition) is 1. The van der Waals surface area contributed by atoms with Gasteiger partial charge in [0.2, 0.25) is 0 Å². The molecule has 1 unspecified atom stereocenters. The van der Waals surface area contributed by atoms with Gasteiger partial charge in [-0.15, -0.1) is 0 Å². The maximum atomic E-state index is 11.5. The van der Waals surface area contributed by atoms with Gasteiger partial charge in [0, 0.05) is 5.41 Å². The van der Waals surface area contributed by atoms with E-state index >= 15 is 0 Å². The molecule has 1 aliphatic rings. The third kappa shape index (κ3) is 1.25. The van der Waals surface area contributed by atoms with Crippen LogP contribution in [0.4, 0.5) is 0 Å². The van der Waals surface area contributed by atoms with E-state index in [0.717, 1.165) is 10.5 Å². The van der Waals surface area contributed by atoms with Crippen LogP contribution in [0.15, 0.2) is 46.7 Å². The average molecular weight is 176 g/mol. The quantitative estimate of drug-likeness (QED) is 0.593. The summed E-state index contributed by atoms with van der Waals surface area (Å²) in [6, 6.07) is 7.72. The molecule has 0 bridgehead atoms. The van der Waals surface area contributed by atoms with Crippen LogP contribution in [0, 0.1) is 0 Å². The second-order valence-corrected chi connectivity index (χ2v) is 3.83. The van der Waals surface area contributed by atoms with Crippen molar-refractivity contribution >= 4 is 16.9 Å². The summed E-state index contributed by atoms with van der Waals surface area (Å²) >= 11 is 0. The van der Waals surface area contributed by atoms with E-state index < -0.39 is 10.8 Å². The third-order valence-electron chi connectivity index (χ3n) is 1.72. The van der Waals surface area contributed by atoms with E-state index in [9.17, 15) is 4.21 Å². The number of benzene rings is 1. The molecule has 0 radical (unpaired) electrons. The highest BCUT2D eigenvalue weighted by molar-refractivity contribution is 7.88. The minimum Gasteiger partial charge on any atom is -0.250 e. The van der Waals surface area contributed by atoms with Crippen molar-refractivity contribution in [3.05, 3.63) is 47.4 Å². The highest BCUT2D eigenvalue weighted by Crippen LogP contribution is 2.18. The van der Waals surface area contributed by atoms with Gasteiger partial charge in [-0.1, -0.05) is 36.4 Å². The smallest absolute Gasteiger partial charge is 0.0782 e. The van der Waals surface area contributed by atoms with Gasteiger partial charge in [-0.2, -0.15) is 0 Å². The zero-order valence-corrected chi connectivity index (χ0v) is 7.25. The fourth-order valence-electron chi connectivity index (χ4n) is 1.15. The Balaban J connectivity index is 2.64. The van der Waals surface area contributed by atoms with Crippen molar-refractivity contribution in [3.63, 3.8) is 0 Å². The molecular formula is C10H8OS. The van der Waals surface area contributed by atoms with Crippen molar-refractivity contribution in [1.82, 2.24) is 0 Å². The first-order valence-corrected chi connectivity index (χ1v) is 4.94. The number of hydrogen-bond donors (Lipinski definition) is 0. The van der Waals surface area contributed by atoms with Gasteiger partial charge >= 0.3 is 0 Å². The standard InChI is InChI=1S/C10H8OS/c11-12-8-4-3-6-9-5-1-2-7-10(9)12/h1-8H. The van der Waals surface area contributed by atoms with Gasteiger partial charge in [-0.3, -0.25) is 0 Å². The molecule has 0 amide bonds. The molecule has 2 heteroatoms. The zero-order valence-electron chi connectivity index (χ0n) is 6.44. The predicted molar refractivity (Wildman–Crippen MR) is 51.0 cm³/mol. The molecule has 1 aromatic carbocycles. The molecule has 1 nitrogen and oxygen atoms in total. The number of fused-ring (bicyclic) bond motifs is 1. The molecule has 0 saturated carbocycles. The van der Waals surface area contributed by atoms with E-state index in [4.69, 9.17) is 0 Å². The van der Waals surface area contributed by atoms with Crippen LogP contribution < -0.4 is 0 Å². The molecule has 12 heavy (non-hydrogen) atoms. The van der Waals surface area contributed by atoms with Gasteiger partial charge in [0.15, 0.2) is 0 Å². The van der Waals surface area contributed by atoms with Gasteiger partial charge in [0.1, 0.15) is 0 Å². The maximum Gasteiger partial charge on any atom is 0.0782 e. The molecule has 1 heterocycles. The van der Waals surface area contributed by atoms with Gasteiger partial charge in [-0.05, 0) is 11.6 Å². The van der Waals surface area contributed by atoms with Crippen LogP contribution in [0.2, 0.25) is 0 Å². The lowest BCUT2D eigenvalue weighted by Gasteiger charge is -1.99. The number of allylic oxidation sites excluding steroid dienone is 2. The van der Waals surface area contributed by atoms with E-state index in [0.29, 0.717) is 0 Å². The van der Waals surface area contributed by atoms with Crippen LogP contribution in [-0.4, -0.2) is 4.21 Å². The van der Waals surface area contributed by atoms with Crippen LogP contribution >= 0.6 is 0 Å². The molecule has 0 saturated heterocycles. The second-order valence-electron chi connectivity index (χ2n) is 2.52. The topological polar surface area (TPSA) is 17.1 Å². The SMILES string of the molecule is O=S1C=CC=Cc2ccccc21. The highest BCUT2D eigenvalue weighted by atomic mass is 32.2. The summed E-state index contributed by atoms with van der Waals surface area (Å²) in [5.41, 5.74) is 1.04. The molecule has 0 aromatic heterocycles. The molecule has 0 spiro atoms. The normalized spacial score (nSPS) is 20.2. The molecule has 60 valence electrons. The minimum absolute atomic E-state index is 0.891. The fraction of sp³-hybridized carbons (Fsp3) is 0. The summed E-state index contributed by atoms with van der Waals surface area (Å²) < 4.78 is 11.5. The molecule has 0 aliphatic carbocycles. The van der Waals surface area contributed by atoms with Gasteiger partial charge in [-0.25, -0.2) is 4.21 Å². The Kier molecular flexibility index (Phi) is 1.92. The Bertz CT molecular complexity index is 377. The van der Waals surface area contributed by atoms with Crippen LogP contribution in [0.5, 0.6) is 0 Å². The lowest BCUT2D eigenvalue weighted by Crippen LogP contribution is -1.88. The van der Waals surface area contributed by atoms with Gasteiger partial charge in [0.05, 0.1) is 15.7 Å². The number of rotatable bonds is 0. The second kappa shape index (κ2) is 3.07. The van der Waals surface area contributed by atoms with Crippen LogP contribution in [0.3, 0.4) is 0 Å². The van der Waals surface area contributed by atoms with Crippen molar-refractivity contribution in [2.75, 3.05) is 0 Å². The maximum absolute atomic E-state index is 11.5. The van der Waals surface area contributed by atoms with Crippen molar-refractivity contribution in [2.24, 2.45) is 0 Å². The van der Waals surface area contributed by atoms with Crippen molar-refractivity contribution in [1.29, 1.82) is 0 Å². The molecular weight excluding hydrogens is 168 g/mol. The van der Waals surface area contributed by atoms with E-state index in [1.165, 1.54) is 0 Å². The van der Waals surface area contributed by atoms with Crippen LogP contribution in [-0.2, 0) is 10.8 Å². The van der Waals surface area contributed by atoms with Crippen molar-refractivity contribution in [3.8, 4) is 0 Å². The monoisotopic (exact) mass is 176 g/mol. The van der Waals surface area contributed by atoms with Gasteiger partial charge in [0.25, 0.3) is 0 Å². The van der Waals surface area contributed by atoms with Gasteiger partial charge < -0.3 is 0 Å². The molecule has 0 N–H and O–H groups in total. The molecule has 1 aliphatic heterocycles. The summed E-state index contributed by atoms with van der Waals surface area (Å²) in [6.45, 7) is 0. The molecule has 1 atom stereocenters. The summed E-state index contributed by atoms with van der Waals surface area (Å²) in [4.78, 5) is 0.891. The molecule has 2 rings (SSSR count). The Hall–Kier alpha value is -1.15. The first-order valence-electron chi connectivity index (χ1n) is 3.72. The summed E-state index contributed by atoms with van der Waals surface area (Å²) in [5, 5.41) is 1.70. The summed E-state index contributed by atoms with van der Waals surface area (Å²) in [5.74, 6) is 0. The third-order valence-corrected chi connectivity index (χ3v) is 2.93. The first-order chi connectivity index (χ1) is 5.88. The van der Waals surface area contributed by atoms with Crippen LogP contribution in [0.1, 0.15) is 5.56 Å². The fourth-order valence-corrected chi connectivity index (χ4v) is 2.11. The largest absolute Gasteiger partial charge is 0.250 e. The van der Waals surface area contributed by atoms with Crippen LogP contribution in [0.25, 0.3) is 6.08 Å². The summed E-state index contributed by atoms with van der Waals surface area (Å²) in [6.07, 6.45) is 5.69. The van der Waals surface area contributed by atoms with E-state index in [-0.39, 0.29) is 0 Å². The minimum atomic E-state index is -0.976.